The zero-order chi connectivity index (χ0) is 16.6. The van der Waals surface area contributed by atoms with Crippen molar-refractivity contribution < 1.29 is 22.8 Å². The zero-order valence-electron chi connectivity index (χ0n) is 11.9. The molecule has 1 aromatic heterocycles. The third-order valence-electron chi connectivity index (χ3n) is 3.38. The molecular formula is C14H13F3N4O2. The highest BCUT2D eigenvalue weighted by Gasteiger charge is 2.38. The van der Waals surface area contributed by atoms with E-state index in [2.05, 4.69) is 10.3 Å². The summed E-state index contributed by atoms with van der Waals surface area (Å²) in [7, 11) is 0. The number of nitrogens with one attached hydrogen (secondary N) is 2. The van der Waals surface area contributed by atoms with Gasteiger partial charge in [0.15, 0.2) is 0 Å². The molecule has 3 rings (SSSR count). The molecule has 0 radical (unpaired) electrons. The minimum absolute atomic E-state index is 0.0441. The molecule has 0 atom stereocenters. The molecule has 1 heterocycles. The molecule has 1 aliphatic carbocycles. The van der Waals surface area contributed by atoms with Gasteiger partial charge >= 0.3 is 12.2 Å². The van der Waals surface area contributed by atoms with Gasteiger partial charge in [-0.3, -0.25) is 10.1 Å². The molecule has 0 unspecified atom stereocenters. The van der Waals surface area contributed by atoms with Gasteiger partial charge in [-0.25, -0.2) is 9.78 Å². The van der Waals surface area contributed by atoms with Gasteiger partial charge in [-0.2, -0.15) is 13.2 Å². The maximum atomic E-state index is 13.1. The molecule has 1 aliphatic rings. The van der Waals surface area contributed by atoms with Crippen LogP contribution in [-0.2, 0) is 17.5 Å². The predicted octanol–water partition coefficient (Wildman–Crippen LogP) is 2.04. The maximum Gasteiger partial charge on any atom is 0.449 e. The molecule has 0 bridgehead atoms. The Morgan fingerprint density at radius 3 is 2.61 bits per heavy atom. The van der Waals surface area contributed by atoms with Gasteiger partial charge in [0.2, 0.25) is 11.7 Å². The van der Waals surface area contributed by atoms with E-state index in [-0.39, 0.29) is 17.1 Å². The Hall–Kier alpha value is -2.58. The third kappa shape index (κ3) is 3.43. The highest BCUT2D eigenvalue weighted by Crippen LogP contribution is 2.31. The largest absolute Gasteiger partial charge is 0.449 e. The number of imidazole rings is 1. The first-order valence-electron chi connectivity index (χ1n) is 6.97. The summed E-state index contributed by atoms with van der Waals surface area (Å²) in [6.07, 6.45) is -3.02. The molecule has 6 nitrogen and oxygen atoms in total. The molecule has 2 aromatic rings. The number of halogens is 3. The van der Waals surface area contributed by atoms with Crippen molar-refractivity contribution in [2.24, 2.45) is 0 Å². The van der Waals surface area contributed by atoms with Crippen LogP contribution >= 0.6 is 0 Å². The van der Waals surface area contributed by atoms with Crippen LogP contribution in [0.1, 0.15) is 18.7 Å². The summed E-state index contributed by atoms with van der Waals surface area (Å²) in [4.78, 5) is 26.9. The average molecular weight is 326 g/mol. The lowest BCUT2D eigenvalue weighted by Crippen LogP contribution is -2.42. The van der Waals surface area contributed by atoms with Crippen molar-refractivity contribution in [3.05, 3.63) is 30.1 Å². The summed E-state index contributed by atoms with van der Waals surface area (Å²) in [5.74, 6) is -2.01. The standard InChI is InChI=1S/C14H13F3N4O2/c15-14(16,17)12-19-9-3-1-2-4-10(9)21(12)7-11(22)20-13(23)18-8-5-6-8/h1-4,8H,5-7H2,(H2,18,20,22,23). The highest BCUT2D eigenvalue weighted by atomic mass is 19.4. The van der Waals surface area contributed by atoms with Crippen LogP contribution in [0.3, 0.4) is 0 Å². The maximum absolute atomic E-state index is 13.1. The monoisotopic (exact) mass is 326 g/mol. The Kier molecular flexibility index (Phi) is 3.70. The topological polar surface area (TPSA) is 76.0 Å². The van der Waals surface area contributed by atoms with Crippen molar-refractivity contribution in [1.29, 1.82) is 0 Å². The van der Waals surface area contributed by atoms with E-state index in [0.29, 0.717) is 0 Å². The quantitative estimate of drug-likeness (QED) is 0.906. The van der Waals surface area contributed by atoms with Crippen molar-refractivity contribution in [3.63, 3.8) is 0 Å². The van der Waals surface area contributed by atoms with Crippen LogP contribution < -0.4 is 10.6 Å². The van der Waals surface area contributed by atoms with E-state index >= 15 is 0 Å². The summed E-state index contributed by atoms with van der Waals surface area (Å²) in [6, 6.07) is 5.33. The summed E-state index contributed by atoms with van der Waals surface area (Å²) in [6.45, 7) is -0.645. The van der Waals surface area contributed by atoms with Crippen molar-refractivity contribution >= 4 is 23.0 Å². The van der Waals surface area contributed by atoms with Gasteiger partial charge in [0.05, 0.1) is 11.0 Å². The van der Waals surface area contributed by atoms with Crippen LogP contribution in [0.25, 0.3) is 11.0 Å². The smallest absolute Gasteiger partial charge is 0.335 e. The Morgan fingerprint density at radius 2 is 1.96 bits per heavy atom. The van der Waals surface area contributed by atoms with Crippen LogP contribution in [0.15, 0.2) is 24.3 Å². The zero-order valence-corrected chi connectivity index (χ0v) is 11.9. The number of benzene rings is 1. The normalized spacial score (nSPS) is 14.7. The summed E-state index contributed by atoms with van der Waals surface area (Å²) < 4.78 is 40.0. The number of aromatic nitrogens is 2. The van der Waals surface area contributed by atoms with Crippen molar-refractivity contribution in [3.8, 4) is 0 Å². The van der Waals surface area contributed by atoms with Crippen molar-refractivity contribution in [2.75, 3.05) is 0 Å². The second kappa shape index (κ2) is 5.56. The molecule has 9 heteroatoms. The summed E-state index contributed by atoms with van der Waals surface area (Å²) in [5, 5.41) is 4.56. The molecule has 2 N–H and O–H groups in total. The second-order valence-corrected chi connectivity index (χ2v) is 5.30. The van der Waals surface area contributed by atoms with E-state index in [1.54, 1.807) is 12.1 Å². The average Bonchev–Trinajstić information content (AvgIpc) is 3.18. The molecule has 1 saturated carbocycles. The SMILES string of the molecule is O=C(Cn1c(C(F)(F)F)nc2ccccc21)NC(=O)NC1CC1. The predicted molar refractivity (Wildman–Crippen MR) is 74.4 cm³/mol. The van der Waals surface area contributed by atoms with Crippen molar-refractivity contribution in [2.45, 2.75) is 31.6 Å². The van der Waals surface area contributed by atoms with Gasteiger partial charge in [-0.15, -0.1) is 0 Å². The lowest BCUT2D eigenvalue weighted by atomic mass is 10.3. The van der Waals surface area contributed by atoms with Crippen LogP contribution in [-0.4, -0.2) is 27.5 Å². The van der Waals surface area contributed by atoms with Crippen LogP contribution in [0.5, 0.6) is 0 Å². The van der Waals surface area contributed by atoms with Crippen molar-refractivity contribution in [1.82, 2.24) is 20.2 Å². The van der Waals surface area contributed by atoms with Gasteiger partial charge in [-0.1, -0.05) is 12.1 Å². The Morgan fingerprint density at radius 1 is 1.26 bits per heavy atom. The molecule has 0 saturated heterocycles. The second-order valence-electron chi connectivity index (χ2n) is 5.30. The Balaban J connectivity index is 1.82. The van der Waals surface area contributed by atoms with E-state index in [9.17, 15) is 22.8 Å². The number of fused-ring (bicyclic) bond motifs is 1. The van der Waals surface area contributed by atoms with Crippen LogP contribution in [0.4, 0.5) is 18.0 Å². The first-order valence-corrected chi connectivity index (χ1v) is 6.97. The number of rotatable bonds is 3. The van der Waals surface area contributed by atoms with E-state index in [4.69, 9.17) is 0 Å². The highest BCUT2D eigenvalue weighted by molar-refractivity contribution is 5.95. The summed E-state index contributed by atoms with van der Waals surface area (Å²) >= 11 is 0. The van der Waals surface area contributed by atoms with Gasteiger partial charge in [-0.05, 0) is 25.0 Å². The number of urea groups is 1. The molecule has 0 spiro atoms. The van der Waals surface area contributed by atoms with Gasteiger partial charge in [0, 0.05) is 6.04 Å². The third-order valence-corrected chi connectivity index (χ3v) is 3.38. The number of amides is 3. The molecular weight excluding hydrogens is 313 g/mol. The Labute approximate surface area is 128 Å². The molecule has 122 valence electrons. The molecule has 0 aliphatic heterocycles. The van der Waals surface area contributed by atoms with E-state index in [1.165, 1.54) is 12.1 Å². The van der Waals surface area contributed by atoms with Crippen LogP contribution in [0, 0.1) is 0 Å². The first kappa shape index (κ1) is 15.3. The number of carbonyl (C=O) groups excluding carboxylic acids is 2. The van der Waals surface area contributed by atoms with Gasteiger partial charge < -0.3 is 9.88 Å². The number of hydrogen-bond donors (Lipinski definition) is 2. The fourth-order valence-corrected chi connectivity index (χ4v) is 2.21. The number of para-hydroxylation sites is 2. The fourth-order valence-electron chi connectivity index (χ4n) is 2.21. The minimum Gasteiger partial charge on any atom is -0.335 e. The summed E-state index contributed by atoms with van der Waals surface area (Å²) in [5.41, 5.74) is 0.313. The lowest BCUT2D eigenvalue weighted by molar-refractivity contribution is -0.147. The number of carbonyl (C=O) groups is 2. The van der Waals surface area contributed by atoms with E-state index < -0.39 is 30.5 Å². The van der Waals surface area contributed by atoms with E-state index in [1.807, 2.05) is 5.32 Å². The minimum atomic E-state index is -4.70. The first-order chi connectivity index (χ1) is 10.8. The molecule has 1 aromatic carbocycles. The molecule has 23 heavy (non-hydrogen) atoms. The molecule has 3 amide bonds. The lowest BCUT2D eigenvalue weighted by Gasteiger charge is -2.11. The van der Waals surface area contributed by atoms with Gasteiger partial charge in [0.25, 0.3) is 0 Å². The van der Waals surface area contributed by atoms with E-state index in [0.717, 1.165) is 17.4 Å². The number of nitrogens with zero attached hydrogens (tertiary/aromatic N) is 2. The number of hydrogen-bond acceptors (Lipinski definition) is 3. The molecule has 1 fully saturated rings. The number of imide groups is 1. The van der Waals surface area contributed by atoms with Crippen LogP contribution in [0.2, 0.25) is 0 Å². The fraction of sp³-hybridized carbons (Fsp3) is 0.357. The number of alkyl halides is 3. The van der Waals surface area contributed by atoms with Gasteiger partial charge in [0.1, 0.15) is 6.54 Å². The Bertz CT molecular complexity index is 765.